The fraction of sp³-hybridized carbons (Fsp3) is 0.278. The Balaban J connectivity index is 2.34. The molecule has 0 bridgehead atoms. The number of fused-ring (bicyclic) bond motifs is 1. The standard InChI is InChI=1S/C18H17N5O5/c1-4-27-12-9-10(5-6-11(12)28-8-7-19)14-13-15(21-17(25)20-14)22(2)18(26)23(3)16(13)24/h5-6,9H,4,8H2,1-3H3,(H,20,21,25). The summed E-state index contributed by atoms with van der Waals surface area (Å²) in [6.45, 7) is 1.98. The van der Waals surface area contributed by atoms with Crippen LogP contribution in [0.15, 0.2) is 32.6 Å². The van der Waals surface area contributed by atoms with Gasteiger partial charge in [0.1, 0.15) is 11.5 Å². The van der Waals surface area contributed by atoms with Gasteiger partial charge < -0.3 is 14.5 Å². The molecule has 144 valence electrons. The first-order valence-corrected chi connectivity index (χ1v) is 8.36. The molecule has 2 aromatic heterocycles. The van der Waals surface area contributed by atoms with E-state index in [1.165, 1.54) is 14.1 Å². The van der Waals surface area contributed by atoms with Crippen LogP contribution in [-0.4, -0.2) is 32.3 Å². The van der Waals surface area contributed by atoms with Crippen molar-refractivity contribution in [3.05, 3.63) is 49.5 Å². The van der Waals surface area contributed by atoms with Gasteiger partial charge in [0.2, 0.25) is 0 Å². The zero-order chi connectivity index (χ0) is 20.4. The van der Waals surface area contributed by atoms with Gasteiger partial charge in [0.05, 0.1) is 12.3 Å². The fourth-order valence-corrected chi connectivity index (χ4v) is 2.85. The molecular formula is C18H17N5O5. The number of nitriles is 1. The molecule has 1 N–H and O–H groups in total. The predicted octanol–water partition coefficient (Wildman–Crippen LogP) is 0.289. The topological polar surface area (TPSA) is 132 Å². The molecule has 0 atom stereocenters. The monoisotopic (exact) mass is 383 g/mol. The van der Waals surface area contributed by atoms with Crippen molar-refractivity contribution in [2.75, 3.05) is 13.2 Å². The van der Waals surface area contributed by atoms with Crippen molar-refractivity contribution in [1.82, 2.24) is 19.1 Å². The van der Waals surface area contributed by atoms with E-state index in [9.17, 15) is 14.4 Å². The van der Waals surface area contributed by atoms with Crippen LogP contribution in [0.2, 0.25) is 0 Å². The molecule has 3 rings (SSSR count). The summed E-state index contributed by atoms with van der Waals surface area (Å²) in [5.74, 6) is 0.705. The number of aromatic nitrogens is 4. The van der Waals surface area contributed by atoms with E-state index in [0.29, 0.717) is 23.7 Å². The average molecular weight is 383 g/mol. The van der Waals surface area contributed by atoms with Gasteiger partial charge >= 0.3 is 11.4 Å². The third kappa shape index (κ3) is 3.14. The molecule has 0 amide bonds. The largest absolute Gasteiger partial charge is 0.490 e. The van der Waals surface area contributed by atoms with Crippen LogP contribution >= 0.6 is 0 Å². The van der Waals surface area contributed by atoms with Gasteiger partial charge in [-0.1, -0.05) is 0 Å². The first-order valence-electron chi connectivity index (χ1n) is 8.36. The maximum Gasteiger partial charge on any atom is 0.347 e. The molecule has 28 heavy (non-hydrogen) atoms. The highest BCUT2D eigenvalue weighted by Crippen LogP contribution is 2.33. The van der Waals surface area contributed by atoms with Crippen LogP contribution in [0, 0.1) is 11.3 Å². The molecule has 10 heteroatoms. The Kier molecular flexibility index (Phi) is 5.00. The smallest absolute Gasteiger partial charge is 0.347 e. The predicted molar refractivity (Wildman–Crippen MR) is 101 cm³/mol. The zero-order valence-corrected chi connectivity index (χ0v) is 15.5. The van der Waals surface area contributed by atoms with Gasteiger partial charge in [-0.05, 0) is 25.1 Å². The van der Waals surface area contributed by atoms with E-state index >= 15 is 0 Å². The number of nitrogens with zero attached hydrogens (tertiary/aromatic N) is 4. The van der Waals surface area contributed by atoms with Gasteiger partial charge in [-0.3, -0.25) is 13.9 Å². The Morgan fingerprint density at radius 1 is 1.14 bits per heavy atom. The van der Waals surface area contributed by atoms with Gasteiger partial charge in [-0.25, -0.2) is 9.59 Å². The number of H-pyrrole nitrogens is 1. The second kappa shape index (κ2) is 7.40. The lowest BCUT2D eigenvalue weighted by molar-refractivity contribution is 0.299. The van der Waals surface area contributed by atoms with Crippen molar-refractivity contribution < 1.29 is 9.47 Å². The van der Waals surface area contributed by atoms with Gasteiger partial charge in [0, 0.05) is 19.7 Å². The quantitative estimate of drug-likeness (QED) is 0.669. The van der Waals surface area contributed by atoms with Crippen molar-refractivity contribution in [3.8, 4) is 28.8 Å². The first kappa shape index (κ1) is 18.9. The Bertz CT molecular complexity index is 1280. The summed E-state index contributed by atoms with van der Waals surface area (Å²) in [5, 5.41) is 8.80. The van der Waals surface area contributed by atoms with Gasteiger partial charge in [-0.2, -0.15) is 10.2 Å². The molecule has 0 aliphatic rings. The molecule has 0 radical (unpaired) electrons. The van der Waals surface area contributed by atoms with Crippen molar-refractivity contribution in [1.29, 1.82) is 5.26 Å². The number of hydrogen-bond acceptors (Lipinski definition) is 7. The Morgan fingerprint density at radius 2 is 1.89 bits per heavy atom. The number of aromatic amines is 1. The summed E-state index contributed by atoms with van der Waals surface area (Å²) in [6, 6.07) is 6.66. The lowest BCUT2D eigenvalue weighted by Crippen LogP contribution is -2.38. The van der Waals surface area contributed by atoms with Crippen LogP contribution in [0.5, 0.6) is 11.5 Å². The minimum atomic E-state index is -0.700. The van der Waals surface area contributed by atoms with E-state index in [1.54, 1.807) is 25.1 Å². The minimum absolute atomic E-state index is 0.0189. The minimum Gasteiger partial charge on any atom is -0.490 e. The number of nitrogens with one attached hydrogen (secondary N) is 1. The highest BCUT2D eigenvalue weighted by atomic mass is 16.5. The second-order valence-electron chi connectivity index (χ2n) is 5.86. The molecule has 3 aromatic rings. The van der Waals surface area contributed by atoms with Crippen LogP contribution in [-0.2, 0) is 14.1 Å². The van der Waals surface area contributed by atoms with E-state index in [1.807, 2.05) is 6.07 Å². The van der Waals surface area contributed by atoms with Crippen LogP contribution < -0.4 is 26.4 Å². The number of benzene rings is 1. The summed E-state index contributed by atoms with van der Waals surface area (Å²) in [5.41, 5.74) is -1.22. The second-order valence-corrected chi connectivity index (χ2v) is 5.86. The summed E-state index contributed by atoms with van der Waals surface area (Å²) >= 11 is 0. The maximum absolute atomic E-state index is 12.7. The Labute approximate surface area is 158 Å². The molecule has 0 aliphatic carbocycles. The molecular weight excluding hydrogens is 366 g/mol. The number of hydrogen-bond donors (Lipinski definition) is 1. The Morgan fingerprint density at radius 3 is 2.57 bits per heavy atom. The molecule has 2 heterocycles. The maximum atomic E-state index is 12.7. The molecule has 1 aromatic carbocycles. The molecule has 0 fully saturated rings. The van der Waals surface area contributed by atoms with Crippen LogP contribution in [0.25, 0.3) is 22.3 Å². The highest BCUT2D eigenvalue weighted by molar-refractivity contribution is 5.89. The molecule has 0 saturated carbocycles. The van der Waals surface area contributed by atoms with E-state index in [2.05, 4.69) is 9.97 Å². The van der Waals surface area contributed by atoms with E-state index in [4.69, 9.17) is 14.7 Å². The van der Waals surface area contributed by atoms with Gasteiger partial charge in [0.25, 0.3) is 5.56 Å². The molecule has 0 saturated heterocycles. The van der Waals surface area contributed by atoms with Crippen molar-refractivity contribution in [3.63, 3.8) is 0 Å². The number of ether oxygens (including phenoxy) is 2. The van der Waals surface area contributed by atoms with Gasteiger partial charge in [-0.15, -0.1) is 0 Å². The molecule has 0 unspecified atom stereocenters. The van der Waals surface area contributed by atoms with E-state index in [-0.39, 0.29) is 23.3 Å². The van der Waals surface area contributed by atoms with Crippen molar-refractivity contribution in [2.45, 2.75) is 6.92 Å². The van der Waals surface area contributed by atoms with Crippen LogP contribution in [0.4, 0.5) is 0 Å². The van der Waals surface area contributed by atoms with Crippen LogP contribution in [0.1, 0.15) is 6.92 Å². The van der Waals surface area contributed by atoms with Crippen LogP contribution in [0.3, 0.4) is 0 Å². The Hall–Kier alpha value is -3.87. The summed E-state index contributed by atoms with van der Waals surface area (Å²) < 4.78 is 13.0. The van der Waals surface area contributed by atoms with Crippen molar-refractivity contribution in [2.24, 2.45) is 14.1 Å². The molecule has 0 aliphatic heterocycles. The third-order valence-electron chi connectivity index (χ3n) is 4.15. The summed E-state index contributed by atoms with van der Waals surface area (Å²) in [7, 11) is 2.79. The van der Waals surface area contributed by atoms with E-state index in [0.717, 1.165) is 9.13 Å². The van der Waals surface area contributed by atoms with Crippen molar-refractivity contribution >= 4 is 11.0 Å². The molecule has 10 nitrogen and oxygen atoms in total. The normalized spacial score (nSPS) is 10.6. The lowest BCUT2D eigenvalue weighted by Gasteiger charge is -2.13. The summed E-state index contributed by atoms with van der Waals surface area (Å²) in [4.78, 5) is 43.3. The molecule has 0 spiro atoms. The first-order chi connectivity index (χ1) is 13.4. The number of aryl methyl sites for hydroxylation is 1. The van der Waals surface area contributed by atoms with Gasteiger partial charge in [0.15, 0.2) is 23.8 Å². The lowest BCUT2D eigenvalue weighted by atomic mass is 10.1. The SMILES string of the molecule is CCOc1cc(-c2[nH]c(=O)nc3c2c(=O)n(C)c(=O)n3C)ccc1OCC#N. The fourth-order valence-electron chi connectivity index (χ4n) is 2.85. The zero-order valence-electron chi connectivity index (χ0n) is 15.5. The number of rotatable bonds is 5. The average Bonchev–Trinajstić information content (AvgIpc) is 2.69. The highest BCUT2D eigenvalue weighted by Gasteiger charge is 2.18. The third-order valence-corrected chi connectivity index (χ3v) is 4.15. The van der Waals surface area contributed by atoms with E-state index < -0.39 is 16.9 Å². The summed E-state index contributed by atoms with van der Waals surface area (Å²) in [6.07, 6.45) is 0.